The molecule has 0 radical (unpaired) electrons. The molecule has 192 valence electrons. The SMILES string of the molecule is CO[C@]1(NC(=O)C(NC(N)=O)c2cccs2)C(=O)N2C(C(=O)O)=C(CSc3nc(C)nn3C)CSC21. The number of nitrogens with two attached hydrogens (primary N) is 1. The van der Waals surface area contributed by atoms with Crippen LogP contribution in [-0.4, -0.2) is 78.3 Å². The number of aliphatic carboxylic acids is 1. The van der Waals surface area contributed by atoms with E-state index in [-0.39, 0.29) is 17.2 Å². The van der Waals surface area contributed by atoms with Gasteiger partial charge in [0, 0.05) is 30.5 Å². The number of ether oxygens (including phenoxy) is 1. The van der Waals surface area contributed by atoms with Crippen molar-refractivity contribution in [1.82, 2.24) is 30.3 Å². The Morgan fingerprint density at radius 1 is 1.44 bits per heavy atom. The highest BCUT2D eigenvalue weighted by Gasteiger charge is 2.67. The molecule has 13 nitrogen and oxygen atoms in total. The molecule has 0 spiro atoms. The molecular weight excluding hydrogens is 530 g/mol. The fourth-order valence-electron chi connectivity index (χ4n) is 3.94. The second-order valence-corrected chi connectivity index (χ2v) is 10.8. The number of amides is 4. The largest absolute Gasteiger partial charge is 0.477 e. The zero-order valence-electron chi connectivity index (χ0n) is 19.4. The maximum atomic E-state index is 13.3. The first-order chi connectivity index (χ1) is 17.1. The zero-order valence-corrected chi connectivity index (χ0v) is 21.8. The van der Waals surface area contributed by atoms with Gasteiger partial charge in [-0.3, -0.25) is 14.5 Å². The molecule has 16 heteroatoms. The van der Waals surface area contributed by atoms with Crippen LogP contribution in [0.25, 0.3) is 0 Å². The van der Waals surface area contributed by atoms with Crippen molar-refractivity contribution in [3.8, 4) is 0 Å². The van der Waals surface area contributed by atoms with E-state index in [1.165, 1.54) is 42.0 Å². The van der Waals surface area contributed by atoms with E-state index in [9.17, 15) is 24.3 Å². The number of nitrogens with one attached hydrogen (secondary N) is 2. The summed E-state index contributed by atoms with van der Waals surface area (Å²) in [6.07, 6.45) is 0. The van der Waals surface area contributed by atoms with Gasteiger partial charge in [0.2, 0.25) is 0 Å². The van der Waals surface area contributed by atoms with Crippen LogP contribution in [0.2, 0.25) is 0 Å². The number of urea groups is 1. The van der Waals surface area contributed by atoms with E-state index in [4.69, 9.17) is 10.5 Å². The highest BCUT2D eigenvalue weighted by molar-refractivity contribution is 8.01. The summed E-state index contributed by atoms with van der Waals surface area (Å²) in [5, 5.41) is 20.6. The van der Waals surface area contributed by atoms with Gasteiger partial charge in [-0.05, 0) is 23.9 Å². The molecular formula is C20H23N7O6S3. The van der Waals surface area contributed by atoms with Crippen molar-refractivity contribution >= 4 is 58.7 Å². The van der Waals surface area contributed by atoms with E-state index in [2.05, 4.69) is 20.7 Å². The molecule has 3 atom stereocenters. The van der Waals surface area contributed by atoms with Crippen LogP contribution in [0.1, 0.15) is 16.7 Å². The second-order valence-electron chi connectivity index (χ2n) is 7.84. The lowest BCUT2D eigenvalue weighted by Crippen LogP contribution is -2.81. The van der Waals surface area contributed by atoms with Gasteiger partial charge in [0.25, 0.3) is 17.5 Å². The quantitative estimate of drug-likeness (QED) is 0.193. The second kappa shape index (κ2) is 10.1. The number of nitrogens with zero attached hydrogens (tertiary/aromatic N) is 4. The van der Waals surface area contributed by atoms with E-state index in [0.29, 0.717) is 21.4 Å². The number of aromatic nitrogens is 3. The fourth-order valence-corrected chi connectivity index (χ4v) is 7.25. The number of carbonyl (C=O) groups excluding carboxylic acids is 3. The molecule has 2 aliphatic heterocycles. The molecule has 1 fully saturated rings. The normalized spacial score (nSPS) is 22.0. The molecule has 2 aliphatic rings. The van der Waals surface area contributed by atoms with Gasteiger partial charge in [-0.25, -0.2) is 19.3 Å². The maximum Gasteiger partial charge on any atom is 0.352 e. The van der Waals surface area contributed by atoms with Crippen molar-refractivity contribution in [3.63, 3.8) is 0 Å². The number of thiophene rings is 1. The Labute approximate surface area is 217 Å². The highest BCUT2D eigenvalue weighted by Crippen LogP contribution is 2.47. The van der Waals surface area contributed by atoms with Gasteiger partial charge in [0.05, 0.1) is 0 Å². The summed E-state index contributed by atoms with van der Waals surface area (Å²) in [4.78, 5) is 56.1. The first kappa shape index (κ1) is 26.0. The summed E-state index contributed by atoms with van der Waals surface area (Å²) >= 11 is 3.80. The predicted molar refractivity (Wildman–Crippen MR) is 132 cm³/mol. The topological polar surface area (TPSA) is 182 Å². The minimum Gasteiger partial charge on any atom is -0.477 e. The van der Waals surface area contributed by atoms with Gasteiger partial charge in [-0.1, -0.05) is 17.8 Å². The molecule has 2 aromatic heterocycles. The van der Waals surface area contributed by atoms with Crippen LogP contribution < -0.4 is 16.4 Å². The third-order valence-electron chi connectivity index (χ3n) is 5.52. The van der Waals surface area contributed by atoms with Crippen LogP contribution in [-0.2, 0) is 26.2 Å². The number of hydrogen-bond donors (Lipinski definition) is 4. The van der Waals surface area contributed by atoms with Crippen molar-refractivity contribution in [2.45, 2.75) is 29.2 Å². The number of rotatable bonds is 9. The fraction of sp³-hybridized carbons (Fsp3) is 0.400. The Bertz CT molecular complexity index is 1250. The average Bonchev–Trinajstić information content (AvgIpc) is 3.47. The molecule has 36 heavy (non-hydrogen) atoms. The van der Waals surface area contributed by atoms with E-state index in [1.807, 2.05) is 0 Å². The van der Waals surface area contributed by atoms with Crippen molar-refractivity contribution in [1.29, 1.82) is 0 Å². The molecule has 4 rings (SSSR count). The Balaban J connectivity index is 1.57. The molecule has 0 aliphatic carbocycles. The first-order valence-corrected chi connectivity index (χ1v) is 13.4. The van der Waals surface area contributed by atoms with Gasteiger partial charge >= 0.3 is 12.0 Å². The Kier molecular flexibility index (Phi) is 7.31. The third kappa shape index (κ3) is 4.56. The summed E-state index contributed by atoms with van der Waals surface area (Å²) in [6, 6.07) is 1.28. The molecule has 4 heterocycles. The Morgan fingerprint density at radius 3 is 2.75 bits per heavy atom. The zero-order chi connectivity index (χ0) is 26.2. The number of primary amides is 1. The minimum absolute atomic E-state index is 0.151. The Morgan fingerprint density at radius 2 is 2.19 bits per heavy atom. The highest BCUT2D eigenvalue weighted by atomic mass is 32.2. The number of hydrogen-bond acceptors (Lipinski definition) is 10. The van der Waals surface area contributed by atoms with Crippen molar-refractivity contribution in [2.24, 2.45) is 12.8 Å². The molecule has 0 bridgehead atoms. The van der Waals surface area contributed by atoms with E-state index in [1.54, 1.807) is 36.2 Å². The van der Waals surface area contributed by atoms with E-state index < -0.39 is 41.0 Å². The summed E-state index contributed by atoms with van der Waals surface area (Å²) in [5.74, 6) is -1.54. The molecule has 5 N–H and O–H groups in total. The first-order valence-electron chi connectivity index (χ1n) is 10.5. The van der Waals surface area contributed by atoms with Crippen LogP contribution in [0.4, 0.5) is 4.79 Å². The number of fused-ring (bicyclic) bond motifs is 1. The number of carbonyl (C=O) groups is 4. The van der Waals surface area contributed by atoms with Gasteiger partial charge < -0.3 is 26.2 Å². The standard InChI is InChI=1S/C20H23N7O6S3/c1-9-22-19(26(2)25-9)36-8-10-7-35-17-20(33-3,16(31)27(17)13(10)15(29)30)24-14(28)12(23-18(21)32)11-5-4-6-34-11/h4-6,12,17H,7-8H2,1-3H3,(H,24,28)(H,29,30)(H3,21,23,32)/t12?,17?,20-/m1/s1. The summed E-state index contributed by atoms with van der Waals surface area (Å²) < 4.78 is 7.08. The average molecular weight is 554 g/mol. The number of carboxylic acid groups (broad SMARTS) is 1. The monoisotopic (exact) mass is 553 g/mol. The number of β-lactam (4-membered cyclic amide) rings is 1. The van der Waals surface area contributed by atoms with Gasteiger partial charge in [-0.2, -0.15) is 5.10 Å². The molecule has 0 saturated carbocycles. The van der Waals surface area contributed by atoms with Crippen molar-refractivity contribution in [3.05, 3.63) is 39.5 Å². The van der Waals surface area contributed by atoms with Crippen LogP contribution in [0.5, 0.6) is 0 Å². The van der Waals surface area contributed by atoms with Gasteiger partial charge in [0.15, 0.2) is 5.16 Å². The third-order valence-corrected chi connectivity index (χ3v) is 8.94. The maximum absolute atomic E-state index is 13.3. The van der Waals surface area contributed by atoms with Gasteiger partial charge in [-0.15, -0.1) is 23.1 Å². The van der Waals surface area contributed by atoms with E-state index >= 15 is 0 Å². The summed E-state index contributed by atoms with van der Waals surface area (Å²) in [5.41, 5.74) is 3.82. The smallest absolute Gasteiger partial charge is 0.352 e. The number of methoxy groups -OCH3 is 1. The van der Waals surface area contributed by atoms with Crippen molar-refractivity contribution in [2.75, 3.05) is 18.6 Å². The number of carboxylic acids is 1. The molecule has 4 amide bonds. The predicted octanol–water partition coefficient (Wildman–Crippen LogP) is 0.399. The molecule has 0 aromatic carbocycles. The molecule has 2 unspecified atom stereocenters. The van der Waals surface area contributed by atoms with Crippen molar-refractivity contribution < 1.29 is 29.0 Å². The number of aryl methyl sites for hydroxylation is 2. The Hall–Kier alpha value is -3.08. The lowest BCUT2D eigenvalue weighted by molar-refractivity contribution is -0.192. The van der Waals surface area contributed by atoms with Gasteiger partial charge in [0.1, 0.15) is 22.9 Å². The lowest BCUT2D eigenvalue weighted by Gasteiger charge is -2.56. The molecule has 1 saturated heterocycles. The van der Waals surface area contributed by atoms with Crippen LogP contribution in [0.3, 0.4) is 0 Å². The number of thioether (sulfide) groups is 2. The van der Waals surface area contributed by atoms with Crippen LogP contribution >= 0.6 is 34.9 Å². The summed E-state index contributed by atoms with van der Waals surface area (Å²) in [6.45, 7) is 1.76. The minimum atomic E-state index is -1.81. The van der Waals surface area contributed by atoms with Crippen LogP contribution in [0.15, 0.2) is 33.9 Å². The van der Waals surface area contributed by atoms with E-state index in [0.717, 1.165) is 4.90 Å². The van der Waals surface area contributed by atoms with Crippen LogP contribution in [0, 0.1) is 6.92 Å². The summed E-state index contributed by atoms with van der Waals surface area (Å²) in [7, 11) is 3.00. The lowest BCUT2D eigenvalue weighted by atomic mass is 9.97. The molecule has 2 aromatic rings.